The maximum atomic E-state index is 13.5. The van der Waals surface area contributed by atoms with Crippen molar-refractivity contribution in [3.05, 3.63) is 144 Å². The van der Waals surface area contributed by atoms with Crippen molar-refractivity contribution in [3.8, 4) is 0 Å². The van der Waals surface area contributed by atoms with E-state index < -0.39 is 0 Å². The lowest BCUT2D eigenvalue weighted by Gasteiger charge is -2.18. The van der Waals surface area contributed by atoms with Crippen LogP contribution in [0, 0.1) is 0 Å². The monoisotopic (exact) mass is 497 g/mol. The number of nitrogens with zero attached hydrogens (tertiary/aromatic N) is 2. The number of para-hydroxylation sites is 1. The lowest BCUT2D eigenvalue weighted by atomic mass is 10.0. The fraction of sp³-hybridized carbons (Fsp3) is 0.0312. The first-order valence-electron chi connectivity index (χ1n) is 12.1. The Morgan fingerprint density at radius 1 is 0.676 bits per heavy atom. The van der Waals surface area contributed by atoms with E-state index in [-0.39, 0.29) is 11.2 Å². The summed E-state index contributed by atoms with van der Waals surface area (Å²) >= 11 is 1.58. The van der Waals surface area contributed by atoms with E-state index in [9.17, 15) is 4.79 Å². The van der Waals surface area contributed by atoms with Gasteiger partial charge in [-0.2, -0.15) is 0 Å². The van der Waals surface area contributed by atoms with Crippen LogP contribution in [-0.4, -0.2) is 15.9 Å². The fourth-order valence-corrected chi connectivity index (χ4v) is 5.62. The molecule has 178 valence electrons. The number of nitrogens with one attached hydrogen (secondary N) is 1. The lowest BCUT2D eigenvalue weighted by molar-refractivity contribution is 0.102. The van der Waals surface area contributed by atoms with Crippen LogP contribution in [0.1, 0.15) is 26.7 Å². The van der Waals surface area contributed by atoms with Crippen LogP contribution in [0.15, 0.2) is 133 Å². The van der Waals surface area contributed by atoms with Gasteiger partial charge in [0.2, 0.25) is 0 Å². The van der Waals surface area contributed by atoms with E-state index in [0.717, 1.165) is 32.9 Å². The predicted molar refractivity (Wildman–Crippen MR) is 152 cm³/mol. The Kier molecular flexibility index (Phi) is 6.36. The Morgan fingerprint density at radius 2 is 1.35 bits per heavy atom. The van der Waals surface area contributed by atoms with Crippen molar-refractivity contribution in [1.82, 2.24) is 9.97 Å². The van der Waals surface area contributed by atoms with Crippen molar-refractivity contribution >= 4 is 45.2 Å². The van der Waals surface area contributed by atoms with Gasteiger partial charge in [0.15, 0.2) is 0 Å². The van der Waals surface area contributed by atoms with E-state index in [0.29, 0.717) is 16.3 Å². The van der Waals surface area contributed by atoms with Gasteiger partial charge in [0, 0.05) is 22.7 Å². The van der Waals surface area contributed by atoms with Crippen molar-refractivity contribution in [2.75, 3.05) is 5.32 Å². The number of hydrogen-bond acceptors (Lipinski definition) is 4. The smallest absolute Gasteiger partial charge is 0.258 e. The molecule has 0 atom stereocenters. The molecule has 0 aliphatic carbocycles. The van der Waals surface area contributed by atoms with Gasteiger partial charge in [-0.25, -0.2) is 9.97 Å². The van der Waals surface area contributed by atoms with Gasteiger partial charge in [0.1, 0.15) is 5.03 Å². The van der Waals surface area contributed by atoms with Crippen LogP contribution in [0.3, 0.4) is 0 Å². The number of benzene rings is 4. The Morgan fingerprint density at radius 3 is 2.11 bits per heavy atom. The molecule has 5 heteroatoms. The molecule has 37 heavy (non-hydrogen) atoms. The number of rotatable bonds is 6. The van der Waals surface area contributed by atoms with Crippen molar-refractivity contribution < 1.29 is 4.79 Å². The lowest BCUT2D eigenvalue weighted by Crippen LogP contribution is -2.14. The Hall–Kier alpha value is -4.48. The Balaban J connectivity index is 1.30. The number of carbonyl (C=O) groups excluding carboxylic acids is 1. The number of hydrogen-bond donors (Lipinski definition) is 1. The molecule has 1 N–H and O–H groups in total. The van der Waals surface area contributed by atoms with Crippen LogP contribution in [0.4, 0.5) is 5.69 Å². The second kappa shape index (κ2) is 10.2. The average molecular weight is 498 g/mol. The van der Waals surface area contributed by atoms with Gasteiger partial charge in [-0.05, 0) is 47.5 Å². The van der Waals surface area contributed by atoms with Crippen molar-refractivity contribution in [2.24, 2.45) is 0 Å². The minimum atomic E-state index is -0.199. The minimum absolute atomic E-state index is 0.00185. The van der Waals surface area contributed by atoms with E-state index in [1.54, 1.807) is 24.0 Å². The quantitative estimate of drug-likeness (QED) is 0.188. The SMILES string of the molecule is O=C(Nc1ccc2cc3ccccc3nc2c1)c1cccnc1SC(c1ccccc1)c1ccccc1. The van der Waals surface area contributed by atoms with Crippen LogP contribution in [0.25, 0.3) is 21.8 Å². The van der Waals surface area contributed by atoms with Gasteiger partial charge >= 0.3 is 0 Å². The van der Waals surface area contributed by atoms with E-state index in [2.05, 4.69) is 46.7 Å². The number of pyridine rings is 2. The molecule has 6 rings (SSSR count). The molecule has 2 heterocycles. The molecule has 4 aromatic carbocycles. The second-order valence-corrected chi connectivity index (χ2v) is 9.81. The number of amides is 1. The van der Waals surface area contributed by atoms with Crippen molar-refractivity contribution in [2.45, 2.75) is 10.3 Å². The molecular formula is C32H23N3OS. The average Bonchev–Trinajstić information content (AvgIpc) is 2.96. The fourth-order valence-electron chi connectivity index (χ4n) is 4.40. The predicted octanol–water partition coefficient (Wildman–Crippen LogP) is 7.92. The summed E-state index contributed by atoms with van der Waals surface area (Å²) in [5.74, 6) is -0.199. The maximum absolute atomic E-state index is 13.5. The summed E-state index contributed by atoms with van der Waals surface area (Å²) in [4.78, 5) is 22.8. The molecule has 0 saturated heterocycles. The van der Waals surface area contributed by atoms with Crippen LogP contribution in [0.2, 0.25) is 0 Å². The van der Waals surface area contributed by atoms with Gasteiger partial charge in [-0.15, -0.1) is 0 Å². The zero-order chi connectivity index (χ0) is 25.0. The summed E-state index contributed by atoms with van der Waals surface area (Å²) in [7, 11) is 0. The summed E-state index contributed by atoms with van der Waals surface area (Å²) in [6.45, 7) is 0. The van der Waals surface area contributed by atoms with Crippen LogP contribution < -0.4 is 5.32 Å². The minimum Gasteiger partial charge on any atom is -0.322 e. The number of carbonyl (C=O) groups is 1. The Labute approximate surface area is 219 Å². The molecule has 0 spiro atoms. The van der Waals surface area contributed by atoms with Gasteiger partial charge in [-0.3, -0.25) is 4.79 Å². The van der Waals surface area contributed by atoms with Crippen molar-refractivity contribution in [3.63, 3.8) is 0 Å². The normalized spacial score (nSPS) is 11.2. The van der Waals surface area contributed by atoms with Gasteiger partial charge < -0.3 is 5.32 Å². The number of aromatic nitrogens is 2. The third kappa shape index (κ3) is 4.95. The third-order valence-corrected chi connectivity index (χ3v) is 7.56. The summed E-state index contributed by atoms with van der Waals surface area (Å²) < 4.78 is 0. The zero-order valence-electron chi connectivity index (χ0n) is 19.9. The van der Waals surface area contributed by atoms with Gasteiger partial charge in [0.05, 0.1) is 21.8 Å². The highest BCUT2D eigenvalue weighted by atomic mass is 32.2. The van der Waals surface area contributed by atoms with Gasteiger partial charge in [-0.1, -0.05) is 96.7 Å². The highest BCUT2D eigenvalue weighted by molar-refractivity contribution is 7.99. The highest BCUT2D eigenvalue weighted by Gasteiger charge is 2.21. The molecule has 2 aromatic heterocycles. The largest absolute Gasteiger partial charge is 0.322 e. The molecule has 4 nitrogen and oxygen atoms in total. The molecule has 0 unspecified atom stereocenters. The first-order chi connectivity index (χ1) is 18.2. The molecule has 0 bridgehead atoms. The summed E-state index contributed by atoms with van der Waals surface area (Å²) in [5, 5.41) is 5.87. The standard InChI is InChI=1S/C32H23N3OS/c36-31(34-26-18-17-25-20-24-14-7-8-16-28(24)35-29(25)21-26)27-15-9-19-33-32(27)37-30(22-10-3-1-4-11-22)23-12-5-2-6-13-23/h1-21,30H,(H,34,36). The van der Waals surface area contributed by atoms with Crippen molar-refractivity contribution in [1.29, 1.82) is 0 Å². The molecule has 0 fully saturated rings. The Bertz CT molecular complexity index is 1660. The van der Waals surface area contributed by atoms with E-state index in [1.165, 1.54) is 0 Å². The number of thioether (sulfide) groups is 1. The van der Waals surface area contributed by atoms with E-state index >= 15 is 0 Å². The zero-order valence-corrected chi connectivity index (χ0v) is 20.7. The number of fused-ring (bicyclic) bond motifs is 2. The molecular weight excluding hydrogens is 474 g/mol. The maximum Gasteiger partial charge on any atom is 0.258 e. The van der Waals surface area contributed by atoms with Gasteiger partial charge in [0.25, 0.3) is 5.91 Å². The molecule has 1 amide bonds. The summed E-state index contributed by atoms with van der Waals surface area (Å²) in [6.07, 6.45) is 1.73. The molecule has 0 aliphatic heterocycles. The first kappa shape index (κ1) is 23.0. The molecule has 0 aliphatic rings. The second-order valence-electron chi connectivity index (χ2n) is 8.72. The first-order valence-corrected chi connectivity index (χ1v) is 12.9. The third-order valence-electron chi connectivity index (χ3n) is 6.23. The van der Waals surface area contributed by atoms with E-state index in [1.807, 2.05) is 78.9 Å². The van der Waals surface area contributed by atoms with E-state index in [4.69, 9.17) is 4.98 Å². The van der Waals surface area contributed by atoms with Crippen LogP contribution in [-0.2, 0) is 0 Å². The summed E-state index contributed by atoms with van der Waals surface area (Å²) in [5.41, 5.74) is 5.31. The molecule has 6 aromatic rings. The topological polar surface area (TPSA) is 54.9 Å². The van der Waals surface area contributed by atoms with Crippen LogP contribution >= 0.6 is 11.8 Å². The molecule has 0 radical (unpaired) electrons. The highest BCUT2D eigenvalue weighted by Crippen LogP contribution is 2.40. The summed E-state index contributed by atoms with van der Waals surface area (Å²) in [6, 6.07) is 40.2. The molecule has 0 saturated carbocycles. The number of anilines is 1. The van der Waals surface area contributed by atoms with Crippen LogP contribution in [0.5, 0.6) is 0 Å².